The lowest BCUT2D eigenvalue weighted by Crippen LogP contribution is -2.51. The maximum absolute atomic E-state index is 10.8. The van der Waals surface area contributed by atoms with Crippen molar-refractivity contribution in [1.82, 2.24) is 9.55 Å². The summed E-state index contributed by atoms with van der Waals surface area (Å²) < 4.78 is 13.3. The molecule has 1 aromatic carbocycles. The van der Waals surface area contributed by atoms with E-state index in [1.165, 1.54) is 0 Å². The van der Waals surface area contributed by atoms with Crippen LogP contribution in [0.15, 0.2) is 36.7 Å². The molecule has 30 heavy (non-hydrogen) atoms. The maximum Gasteiger partial charge on any atom is 0.127 e. The van der Waals surface area contributed by atoms with E-state index < -0.39 is 31.0 Å². The first-order chi connectivity index (χ1) is 14.5. The minimum Gasteiger partial charge on any atom is -0.494 e. The molecule has 0 saturated heterocycles. The van der Waals surface area contributed by atoms with Gasteiger partial charge in [0, 0.05) is 44.3 Å². The fourth-order valence-electron chi connectivity index (χ4n) is 3.46. The van der Waals surface area contributed by atoms with Crippen molar-refractivity contribution in [2.45, 2.75) is 43.8 Å². The highest BCUT2D eigenvalue weighted by atomic mass is 16.5. The molecular weight excluding hydrogens is 390 g/mol. The molecule has 1 aromatic heterocycles. The number of aliphatic hydroxyl groups excluding tert-OH is 4. The monoisotopic (exact) mass is 421 g/mol. The van der Waals surface area contributed by atoms with Crippen molar-refractivity contribution in [2.24, 2.45) is 7.05 Å². The average Bonchev–Trinajstić information content (AvgIpc) is 3.15. The van der Waals surface area contributed by atoms with Gasteiger partial charge in [0.25, 0.3) is 0 Å². The number of hydrogen-bond acceptors (Lipinski definition) is 8. The second kappa shape index (κ2) is 10.7. The van der Waals surface area contributed by atoms with Crippen LogP contribution in [-0.4, -0.2) is 80.8 Å². The van der Waals surface area contributed by atoms with Gasteiger partial charge in [0.2, 0.25) is 0 Å². The van der Waals surface area contributed by atoms with Gasteiger partial charge in [-0.3, -0.25) is 0 Å². The van der Waals surface area contributed by atoms with Gasteiger partial charge in [-0.15, -0.1) is 0 Å². The van der Waals surface area contributed by atoms with Gasteiger partial charge in [0.1, 0.15) is 29.9 Å². The van der Waals surface area contributed by atoms with Crippen molar-refractivity contribution in [3.8, 4) is 5.75 Å². The summed E-state index contributed by atoms with van der Waals surface area (Å²) in [6.07, 6.45) is -0.0929. The molecule has 1 aliphatic rings. The van der Waals surface area contributed by atoms with Gasteiger partial charge in [-0.25, -0.2) is 4.98 Å². The van der Waals surface area contributed by atoms with Crippen molar-refractivity contribution in [3.05, 3.63) is 42.5 Å². The number of aliphatic hydroxyl groups is 4. The zero-order valence-electron chi connectivity index (χ0n) is 17.2. The molecule has 0 unspecified atom stereocenters. The summed E-state index contributed by atoms with van der Waals surface area (Å²) in [5.74, 6) is 1.51. The summed E-state index contributed by atoms with van der Waals surface area (Å²) in [5.41, 5.74) is 0.805. The normalized spacial score (nSPS) is 24.7. The number of anilines is 1. The van der Waals surface area contributed by atoms with Gasteiger partial charge in [-0.1, -0.05) is 6.07 Å². The zero-order valence-corrected chi connectivity index (χ0v) is 17.2. The third kappa shape index (κ3) is 5.71. The van der Waals surface area contributed by atoms with E-state index in [1.807, 2.05) is 47.0 Å². The van der Waals surface area contributed by atoms with Gasteiger partial charge in [-0.05, 0) is 25.0 Å². The predicted molar refractivity (Wildman–Crippen MR) is 110 cm³/mol. The van der Waals surface area contributed by atoms with Crippen molar-refractivity contribution in [3.63, 3.8) is 0 Å². The van der Waals surface area contributed by atoms with E-state index in [4.69, 9.17) is 9.47 Å². The quantitative estimate of drug-likeness (QED) is 0.547. The molecule has 2 aromatic rings. The Morgan fingerprint density at radius 1 is 1.23 bits per heavy atom. The lowest BCUT2D eigenvalue weighted by Gasteiger charge is -2.34. The lowest BCUT2D eigenvalue weighted by molar-refractivity contribution is -0.141. The molecule has 0 amide bonds. The Morgan fingerprint density at radius 3 is 2.77 bits per heavy atom. The second-order valence-corrected chi connectivity index (χ2v) is 7.53. The number of β-amino-alcohol motifs (C(OH)–C–C–N with tert-alkyl or cyclic N) is 1. The number of nitrogens with zero attached hydrogens (tertiary/aromatic N) is 3. The van der Waals surface area contributed by atoms with E-state index in [9.17, 15) is 20.4 Å². The molecule has 9 nitrogen and oxygen atoms in total. The van der Waals surface area contributed by atoms with Gasteiger partial charge in [-0.2, -0.15) is 0 Å². The zero-order chi connectivity index (χ0) is 21.5. The minimum absolute atomic E-state index is 0.0650. The fraction of sp³-hybridized carbons (Fsp3) is 0.571. The number of ether oxygens (including phenoxy) is 2. The number of fused-ring (bicyclic) bond motifs is 2. The van der Waals surface area contributed by atoms with Crippen molar-refractivity contribution < 1.29 is 29.9 Å². The molecular formula is C21H31N3O6. The summed E-state index contributed by atoms with van der Waals surface area (Å²) in [7, 11) is 1.89. The van der Waals surface area contributed by atoms with Crippen LogP contribution in [0.25, 0.3) is 0 Å². The largest absolute Gasteiger partial charge is 0.494 e. The number of benzene rings is 1. The van der Waals surface area contributed by atoms with E-state index in [0.717, 1.165) is 23.7 Å². The number of aryl methyl sites for hydroxylation is 1. The van der Waals surface area contributed by atoms with E-state index in [-0.39, 0.29) is 13.2 Å². The van der Waals surface area contributed by atoms with Crippen LogP contribution in [0.2, 0.25) is 0 Å². The van der Waals surface area contributed by atoms with Crippen LogP contribution in [0.5, 0.6) is 5.75 Å². The summed E-state index contributed by atoms with van der Waals surface area (Å²) in [6, 6.07) is 7.55. The Bertz CT molecular complexity index is 786. The Balaban J connectivity index is 1.89. The van der Waals surface area contributed by atoms with Crippen LogP contribution < -0.4 is 9.64 Å². The number of aromatic nitrogens is 2. The van der Waals surface area contributed by atoms with E-state index in [0.29, 0.717) is 19.6 Å². The summed E-state index contributed by atoms with van der Waals surface area (Å²) in [5, 5.41) is 40.9. The Labute approximate surface area is 176 Å². The van der Waals surface area contributed by atoms with Crippen molar-refractivity contribution in [1.29, 1.82) is 0 Å². The van der Waals surface area contributed by atoms with E-state index in [2.05, 4.69) is 4.98 Å². The van der Waals surface area contributed by atoms with Gasteiger partial charge in [0.05, 0.1) is 25.9 Å². The molecule has 0 saturated carbocycles. The van der Waals surface area contributed by atoms with Crippen LogP contribution >= 0.6 is 0 Å². The van der Waals surface area contributed by atoms with Gasteiger partial charge in [0.15, 0.2) is 0 Å². The first-order valence-corrected chi connectivity index (χ1v) is 10.2. The molecule has 3 rings (SSSR count). The first kappa shape index (κ1) is 22.5. The molecule has 0 radical (unpaired) electrons. The van der Waals surface area contributed by atoms with Crippen molar-refractivity contribution >= 4 is 5.69 Å². The van der Waals surface area contributed by atoms with E-state index in [1.54, 1.807) is 6.20 Å². The van der Waals surface area contributed by atoms with Gasteiger partial charge >= 0.3 is 0 Å². The SMILES string of the molecule is Cn1ccnc1CN1C[C@@H](O)[C@@H](O)[C@@H]([C@H](O)CO)OCCCCOc2cccc1c2. The molecule has 166 valence electrons. The summed E-state index contributed by atoms with van der Waals surface area (Å²) in [6.45, 7) is 0.660. The predicted octanol–water partition coefficient (Wildman–Crippen LogP) is 0.0595. The van der Waals surface area contributed by atoms with Crippen LogP contribution in [-0.2, 0) is 18.3 Å². The molecule has 2 bridgehead atoms. The van der Waals surface area contributed by atoms with Crippen molar-refractivity contribution in [2.75, 3.05) is 31.3 Å². The first-order valence-electron chi connectivity index (χ1n) is 10.2. The van der Waals surface area contributed by atoms with Crippen LogP contribution in [0.3, 0.4) is 0 Å². The molecule has 1 aliphatic heterocycles. The molecule has 2 heterocycles. The smallest absolute Gasteiger partial charge is 0.127 e. The highest BCUT2D eigenvalue weighted by Gasteiger charge is 2.34. The Hall–Kier alpha value is -2.17. The molecule has 0 aliphatic carbocycles. The lowest BCUT2D eigenvalue weighted by atomic mass is 10.0. The van der Waals surface area contributed by atoms with Crippen LogP contribution in [0, 0.1) is 0 Å². The Kier molecular flexibility index (Phi) is 8.06. The third-order valence-corrected chi connectivity index (χ3v) is 5.26. The topological polar surface area (TPSA) is 120 Å². The second-order valence-electron chi connectivity index (χ2n) is 7.53. The van der Waals surface area contributed by atoms with Crippen LogP contribution in [0.4, 0.5) is 5.69 Å². The molecule has 4 atom stereocenters. The maximum atomic E-state index is 10.8. The highest BCUT2D eigenvalue weighted by molar-refractivity contribution is 5.51. The highest BCUT2D eigenvalue weighted by Crippen LogP contribution is 2.24. The number of hydrogen-bond donors (Lipinski definition) is 4. The summed E-state index contributed by atoms with van der Waals surface area (Å²) in [4.78, 5) is 6.24. The minimum atomic E-state index is -1.38. The fourth-order valence-corrected chi connectivity index (χ4v) is 3.46. The van der Waals surface area contributed by atoms with E-state index >= 15 is 0 Å². The molecule has 9 heteroatoms. The number of rotatable bonds is 4. The standard InChI is InChI=1S/C21H31N3O6/c1-23-8-7-22-19(23)13-24-12-17(26)20(28)21(18(27)14-25)30-10-3-2-9-29-16-6-4-5-15(24)11-16/h4-8,11,17-18,20-21,25-28H,2-3,9-10,12-14H2,1H3/t17-,18-,20-,21-/m1/s1. The number of imidazole rings is 1. The third-order valence-electron chi connectivity index (χ3n) is 5.26. The molecule has 0 spiro atoms. The summed E-state index contributed by atoms with van der Waals surface area (Å²) >= 11 is 0. The average molecular weight is 421 g/mol. The van der Waals surface area contributed by atoms with Crippen LogP contribution in [0.1, 0.15) is 18.7 Å². The Morgan fingerprint density at radius 2 is 2.03 bits per heavy atom. The molecule has 4 N–H and O–H groups in total. The van der Waals surface area contributed by atoms with Gasteiger partial charge < -0.3 is 39.4 Å². The molecule has 0 fully saturated rings.